The number of piperazine rings is 1. The quantitative estimate of drug-likeness (QED) is 0.727. The number of aryl methyl sites for hydroxylation is 1. The molecule has 0 radical (unpaired) electrons. The minimum Gasteiger partial charge on any atom is -0.295 e. The molecular weight excluding hydrogens is 212 g/mol. The molecule has 1 aromatic heterocycles. The van der Waals surface area contributed by atoms with Crippen LogP contribution in [0.2, 0.25) is 0 Å². The predicted octanol–water partition coefficient (Wildman–Crippen LogP) is 1.03. The molecule has 0 bridgehead atoms. The number of nitriles is 1. The third kappa shape index (κ3) is 3.26. The number of nitrogens with zero attached hydrogens (tertiary/aromatic N) is 4. The summed E-state index contributed by atoms with van der Waals surface area (Å²) < 4.78 is 0. The molecular formula is C13H18N4. The lowest BCUT2D eigenvalue weighted by atomic mass is 10.2. The Morgan fingerprint density at radius 2 is 2.00 bits per heavy atom. The van der Waals surface area contributed by atoms with E-state index < -0.39 is 0 Å². The molecule has 0 aliphatic carbocycles. The number of rotatable bonds is 3. The van der Waals surface area contributed by atoms with Crippen LogP contribution in [0.4, 0.5) is 0 Å². The lowest BCUT2D eigenvalue weighted by Crippen LogP contribution is -2.46. The van der Waals surface area contributed by atoms with Crippen LogP contribution < -0.4 is 0 Å². The fraction of sp³-hybridized carbons (Fsp3) is 0.538. The molecule has 17 heavy (non-hydrogen) atoms. The average molecular weight is 230 g/mol. The molecule has 4 heteroatoms. The van der Waals surface area contributed by atoms with Gasteiger partial charge in [-0.15, -0.1) is 0 Å². The maximum atomic E-state index is 8.64. The first-order chi connectivity index (χ1) is 8.29. The number of aromatic nitrogens is 1. The summed E-state index contributed by atoms with van der Waals surface area (Å²) in [5.74, 6) is 0. The van der Waals surface area contributed by atoms with E-state index in [9.17, 15) is 0 Å². The molecule has 0 saturated carbocycles. The van der Waals surface area contributed by atoms with Crippen molar-refractivity contribution in [3.63, 3.8) is 0 Å². The van der Waals surface area contributed by atoms with E-state index >= 15 is 0 Å². The molecule has 1 saturated heterocycles. The molecule has 2 heterocycles. The molecule has 0 atom stereocenters. The second-order valence-electron chi connectivity index (χ2n) is 4.48. The van der Waals surface area contributed by atoms with Crippen molar-refractivity contribution in [1.82, 2.24) is 14.8 Å². The van der Waals surface area contributed by atoms with Gasteiger partial charge in [0.15, 0.2) is 0 Å². The highest BCUT2D eigenvalue weighted by Crippen LogP contribution is 2.09. The molecule has 0 unspecified atom stereocenters. The second kappa shape index (κ2) is 5.76. The molecule has 1 fully saturated rings. The Kier molecular flexibility index (Phi) is 4.08. The topological polar surface area (TPSA) is 43.2 Å². The third-order valence-electron chi connectivity index (χ3n) is 3.25. The summed E-state index contributed by atoms with van der Waals surface area (Å²) in [5.41, 5.74) is 2.42. The number of hydrogen-bond acceptors (Lipinski definition) is 4. The average Bonchev–Trinajstić information content (AvgIpc) is 2.35. The van der Waals surface area contributed by atoms with E-state index in [-0.39, 0.29) is 0 Å². The summed E-state index contributed by atoms with van der Waals surface area (Å²) in [5, 5.41) is 8.64. The van der Waals surface area contributed by atoms with Gasteiger partial charge in [-0.2, -0.15) is 5.26 Å². The minimum absolute atomic E-state index is 0.552. The van der Waals surface area contributed by atoms with Crippen LogP contribution in [0.15, 0.2) is 18.3 Å². The van der Waals surface area contributed by atoms with Gasteiger partial charge in [-0.05, 0) is 18.6 Å². The molecule has 2 rings (SSSR count). The van der Waals surface area contributed by atoms with Crippen molar-refractivity contribution in [2.24, 2.45) is 0 Å². The molecule has 0 spiro atoms. The van der Waals surface area contributed by atoms with Gasteiger partial charge in [0.2, 0.25) is 0 Å². The Morgan fingerprint density at radius 3 is 2.65 bits per heavy atom. The van der Waals surface area contributed by atoms with E-state index in [1.54, 1.807) is 0 Å². The molecule has 0 amide bonds. The second-order valence-corrected chi connectivity index (χ2v) is 4.48. The van der Waals surface area contributed by atoms with Crippen LogP contribution in [-0.4, -0.2) is 47.5 Å². The van der Waals surface area contributed by atoms with Crippen molar-refractivity contribution in [2.45, 2.75) is 13.5 Å². The lowest BCUT2D eigenvalue weighted by Gasteiger charge is -2.33. The first kappa shape index (κ1) is 12.0. The molecule has 90 valence electrons. The van der Waals surface area contributed by atoms with Crippen LogP contribution in [0.3, 0.4) is 0 Å². The summed E-state index contributed by atoms with van der Waals surface area (Å²) >= 11 is 0. The maximum Gasteiger partial charge on any atom is 0.0866 e. The molecule has 1 aromatic rings. The van der Waals surface area contributed by atoms with Gasteiger partial charge in [0.1, 0.15) is 0 Å². The Labute approximate surface area is 102 Å². The van der Waals surface area contributed by atoms with Crippen molar-refractivity contribution in [1.29, 1.82) is 5.26 Å². The van der Waals surface area contributed by atoms with Crippen molar-refractivity contribution in [3.8, 4) is 6.07 Å². The first-order valence-electron chi connectivity index (χ1n) is 6.02. The number of pyridine rings is 1. The van der Waals surface area contributed by atoms with Crippen LogP contribution >= 0.6 is 0 Å². The summed E-state index contributed by atoms with van der Waals surface area (Å²) in [7, 11) is 0. The SMILES string of the molecule is Cc1cccnc1CN1CCN(CC#N)CC1. The smallest absolute Gasteiger partial charge is 0.0866 e. The van der Waals surface area contributed by atoms with Gasteiger partial charge in [0.25, 0.3) is 0 Å². The van der Waals surface area contributed by atoms with Gasteiger partial charge in [-0.3, -0.25) is 14.8 Å². The Bertz CT molecular complexity index is 402. The van der Waals surface area contributed by atoms with Gasteiger partial charge in [-0.1, -0.05) is 6.07 Å². The van der Waals surface area contributed by atoms with Crippen LogP contribution in [-0.2, 0) is 6.54 Å². The lowest BCUT2D eigenvalue weighted by molar-refractivity contribution is 0.137. The zero-order valence-electron chi connectivity index (χ0n) is 10.3. The van der Waals surface area contributed by atoms with Gasteiger partial charge in [-0.25, -0.2) is 0 Å². The van der Waals surface area contributed by atoms with Crippen molar-refractivity contribution in [2.75, 3.05) is 32.7 Å². The van der Waals surface area contributed by atoms with E-state index in [4.69, 9.17) is 5.26 Å². The zero-order chi connectivity index (χ0) is 12.1. The normalized spacial score (nSPS) is 17.9. The van der Waals surface area contributed by atoms with Crippen LogP contribution in [0, 0.1) is 18.3 Å². The van der Waals surface area contributed by atoms with Gasteiger partial charge in [0, 0.05) is 38.9 Å². The summed E-state index contributed by atoms with van der Waals surface area (Å²) in [6.45, 7) is 7.60. The largest absolute Gasteiger partial charge is 0.295 e. The molecule has 1 aliphatic rings. The highest BCUT2D eigenvalue weighted by Gasteiger charge is 2.17. The highest BCUT2D eigenvalue weighted by atomic mass is 15.3. The third-order valence-corrected chi connectivity index (χ3v) is 3.25. The predicted molar refractivity (Wildman–Crippen MR) is 66.3 cm³/mol. The molecule has 0 N–H and O–H groups in total. The monoisotopic (exact) mass is 230 g/mol. The minimum atomic E-state index is 0.552. The maximum absolute atomic E-state index is 8.64. The fourth-order valence-corrected chi connectivity index (χ4v) is 2.10. The molecule has 0 aromatic carbocycles. The summed E-state index contributed by atoms with van der Waals surface area (Å²) in [6, 6.07) is 6.29. The fourth-order valence-electron chi connectivity index (χ4n) is 2.10. The van der Waals surface area contributed by atoms with Crippen molar-refractivity contribution < 1.29 is 0 Å². The van der Waals surface area contributed by atoms with E-state index in [0.717, 1.165) is 32.7 Å². The van der Waals surface area contributed by atoms with Gasteiger partial charge >= 0.3 is 0 Å². The molecule has 1 aliphatic heterocycles. The van der Waals surface area contributed by atoms with E-state index in [1.165, 1.54) is 11.3 Å². The van der Waals surface area contributed by atoms with Crippen LogP contribution in [0.1, 0.15) is 11.3 Å². The van der Waals surface area contributed by atoms with Gasteiger partial charge in [0.05, 0.1) is 18.3 Å². The summed E-state index contributed by atoms with van der Waals surface area (Å²) in [6.07, 6.45) is 1.86. The number of hydrogen-bond donors (Lipinski definition) is 0. The van der Waals surface area contributed by atoms with Crippen molar-refractivity contribution >= 4 is 0 Å². The highest BCUT2D eigenvalue weighted by molar-refractivity contribution is 5.17. The zero-order valence-corrected chi connectivity index (χ0v) is 10.3. The van der Waals surface area contributed by atoms with E-state index in [0.29, 0.717) is 6.54 Å². The van der Waals surface area contributed by atoms with Gasteiger partial charge < -0.3 is 0 Å². The Balaban J connectivity index is 1.86. The molecule has 4 nitrogen and oxygen atoms in total. The van der Waals surface area contributed by atoms with Crippen molar-refractivity contribution in [3.05, 3.63) is 29.6 Å². The Hall–Kier alpha value is -1.44. The standard InChI is InChI=1S/C13H18N4/c1-12-3-2-5-15-13(12)11-17-9-7-16(6-4-14)8-10-17/h2-3,5H,6-11H2,1H3. The van der Waals surface area contributed by atoms with Crippen LogP contribution in [0.5, 0.6) is 0 Å². The van der Waals surface area contributed by atoms with E-state index in [1.807, 2.05) is 12.3 Å². The Morgan fingerprint density at radius 1 is 1.29 bits per heavy atom. The summed E-state index contributed by atoms with van der Waals surface area (Å²) in [4.78, 5) is 9.02. The first-order valence-corrected chi connectivity index (χ1v) is 6.02. The van der Waals surface area contributed by atoms with E-state index in [2.05, 4.69) is 33.8 Å². The van der Waals surface area contributed by atoms with Crippen LogP contribution in [0.25, 0.3) is 0 Å².